The van der Waals surface area contributed by atoms with Gasteiger partial charge >= 0.3 is 5.84 Å². The van der Waals surface area contributed by atoms with Gasteiger partial charge in [-0.25, -0.2) is 4.68 Å². The van der Waals surface area contributed by atoms with Gasteiger partial charge in [0.1, 0.15) is 5.69 Å². The number of fused-ring (bicyclic) bond motifs is 1. The van der Waals surface area contributed by atoms with E-state index < -0.39 is 0 Å². The summed E-state index contributed by atoms with van der Waals surface area (Å²) in [7, 11) is 7.91. The third-order valence-corrected chi connectivity index (χ3v) is 5.47. The van der Waals surface area contributed by atoms with Gasteiger partial charge in [0.15, 0.2) is 0 Å². The van der Waals surface area contributed by atoms with Gasteiger partial charge in [0.25, 0.3) is 11.8 Å². The van der Waals surface area contributed by atoms with Crippen molar-refractivity contribution in [1.29, 1.82) is 0 Å². The van der Waals surface area contributed by atoms with Gasteiger partial charge in [-0.15, -0.1) is 5.10 Å². The molecule has 3 aromatic rings. The molecular weight excluding hydrogens is 404 g/mol. The highest BCUT2D eigenvalue weighted by Gasteiger charge is 2.34. The Morgan fingerprint density at radius 3 is 2.06 bits per heavy atom. The number of hydrogen-bond acceptors (Lipinski definition) is 4. The lowest BCUT2D eigenvalue weighted by molar-refractivity contribution is -0.469. The zero-order valence-electron chi connectivity index (χ0n) is 18.8. The molecule has 0 fully saturated rings. The number of amides is 2. The van der Waals surface area contributed by atoms with Crippen LogP contribution in [0.3, 0.4) is 0 Å². The Labute approximate surface area is 187 Å². The predicted octanol–water partition coefficient (Wildman–Crippen LogP) is 2.21. The molecule has 32 heavy (non-hydrogen) atoms. The Bertz CT molecular complexity index is 1160. The van der Waals surface area contributed by atoms with E-state index in [2.05, 4.69) is 10.3 Å². The second-order valence-corrected chi connectivity index (χ2v) is 8.15. The van der Waals surface area contributed by atoms with Crippen LogP contribution in [-0.2, 0) is 6.54 Å². The molecule has 0 spiro atoms. The molecule has 8 heteroatoms. The van der Waals surface area contributed by atoms with Crippen LogP contribution in [0.5, 0.6) is 0 Å². The fraction of sp³-hybridized carbons (Fsp3) is 0.292. The minimum Gasteiger partial charge on any atom is -0.274 e. The van der Waals surface area contributed by atoms with Crippen molar-refractivity contribution in [3.05, 3.63) is 71.4 Å². The molecule has 0 saturated heterocycles. The molecule has 2 amide bonds. The number of aromatic nitrogens is 3. The van der Waals surface area contributed by atoms with E-state index in [1.165, 1.54) is 4.90 Å². The first-order valence-electron chi connectivity index (χ1n) is 10.6. The van der Waals surface area contributed by atoms with Gasteiger partial charge in [-0.05, 0) is 18.6 Å². The molecule has 0 radical (unpaired) electrons. The molecule has 0 N–H and O–H groups in total. The number of nitrogens with zero attached hydrogens (tertiary/aromatic N) is 6. The summed E-state index contributed by atoms with van der Waals surface area (Å²) < 4.78 is 3.87. The minimum atomic E-state index is -0.232. The molecule has 4 rings (SSSR count). The molecule has 1 aromatic heterocycles. The van der Waals surface area contributed by atoms with Crippen LogP contribution < -0.4 is 0 Å². The van der Waals surface area contributed by atoms with Crippen LogP contribution in [0.15, 0.2) is 54.6 Å². The van der Waals surface area contributed by atoms with Crippen molar-refractivity contribution in [2.45, 2.75) is 13.0 Å². The van der Waals surface area contributed by atoms with Crippen molar-refractivity contribution < 1.29 is 14.2 Å². The third-order valence-electron chi connectivity index (χ3n) is 5.47. The molecule has 164 valence electrons. The average Bonchev–Trinajstić information content (AvgIpc) is 3.28. The van der Waals surface area contributed by atoms with Gasteiger partial charge in [-0.2, -0.15) is 0 Å². The molecule has 0 aliphatic carbocycles. The third kappa shape index (κ3) is 3.79. The average molecular weight is 432 g/mol. The van der Waals surface area contributed by atoms with Crippen LogP contribution >= 0.6 is 0 Å². The van der Waals surface area contributed by atoms with E-state index in [0.29, 0.717) is 30.6 Å². The first-order chi connectivity index (χ1) is 15.4. The summed E-state index contributed by atoms with van der Waals surface area (Å²) in [6.45, 7) is 0.854. The second-order valence-electron chi connectivity index (χ2n) is 8.15. The van der Waals surface area contributed by atoms with Crippen LogP contribution in [0.4, 0.5) is 0 Å². The van der Waals surface area contributed by atoms with Crippen LogP contribution in [-0.4, -0.2) is 81.8 Å². The van der Waals surface area contributed by atoms with E-state index in [0.717, 1.165) is 22.8 Å². The summed E-state index contributed by atoms with van der Waals surface area (Å²) in [6.07, 6.45) is 0.577. The Morgan fingerprint density at radius 1 is 0.906 bits per heavy atom. The maximum Gasteiger partial charge on any atom is 0.301 e. The van der Waals surface area contributed by atoms with Gasteiger partial charge < -0.3 is 0 Å². The first-order valence-corrected chi connectivity index (χ1v) is 10.6. The maximum absolute atomic E-state index is 12.6. The van der Waals surface area contributed by atoms with Gasteiger partial charge in [0.2, 0.25) is 5.69 Å². The monoisotopic (exact) mass is 431 g/mol. The smallest absolute Gasteiger partial charge is 0.274 e. The lowest BCUT2D eigenvalue weighted by atomic mass is 10.1. The molecule has 2 aromatic carbocycles. The minimum absolute atomic E-state index is 0.232. The van der Waals surface area contributed by atoms with Gasteiger partial charge in [-0.3, -0.25) is 24.0 Å². The van der Waals surface area contributed by atoms with Crippen molar-refractivity contribution in [1.82, 2.24) is 24.8 Å². The van der Waals surface area contributed by atoms with Crippen LogP contribution in [0.1, 0.15) is 32.8 Å². The zero-order chi connectivity index (χ0) is 22.8. The number of carbonyl (C=O) groups is 2. The quantitative estimate of drug-likeness (QED) is 0.259. The number of imide groups is 1. The lowest BCUT2D eigenvalue weighted by Gasteiger charge is -2.15. The predicted molar refractivity (Wildman–Crippen MR) is 122 cm³/mol. The molecule has 0 saturated carbocycles. The highest BCUT2D eigenvalue weighted by atomic mass is 16.2. The Kier molecular flexibility index (Phi) is 5.85. The summed E-state index contributed by atoms with van der Waals surface area (Å²) in [4.78, 5) is 28.6. The standard InChI is InChI=1S/C24H27N6O2/c1-27(2)22(28(3)4)20-21(17-11-6-5-7-12-17)30(26-25-20)16-10-15-29-23(31)18-13-8-9-14-19(18)24(29)32/h5-9,11-14H,10,15-16H2,1-4H3/q+1. The molecule has 1 aliphatic rings. The van der Waals surface area contributed by atoms with Crippen molar-refractivity contribution >= 4 is 17.6 Å². The highest BCUT2D eigenvalue weighted by molar-refractivity contribution is 6.21. The molecule has 0 bridgehead atoms. The van der Waals surface area contributed by atoms with Crippen LogP contribution in [0.25, 0.3) is 11.3 Å². The summed E-state index contributed by atoms with van der Waals surface area (Å²) in [6, 6.07) is 17.0. The van der Waals surface area contributed by atoms with Gasteiger partial charge in [0.05, 0.1) is 39.3 Å². The fourth-order valence-corrected chi connectivity index (χ4v) is 4.15. The van der Waals surface area contributed by atoms with E-state index in [4.69, 9.17) is 0 Å². The maximum atomic E-state index is 12.6. The first kappa shape index (κ1) is 21.4. The molecule has 0 unspecified atom stereocenters. The van der Waals surface area contributed by atoms with Gasteiger partial charge in [0, 0.05) is 18.7 Å². The highest BCUT2D eigenvalue weighted by Crippen LogP contribution is 2.25. The Balaban J connectivity index is 1.59. The van der Waals surface area contributed by atoms with Crippen molar-refractivity contribution in [2.24, 2.45) is 0 Å². The lowest BCUT2D eigenvalue weighted by Crippen LogP contribution is -2.32. The topological polar surface area (TPSA) is 74.3 Å². The van der Waals surface area contributed by atoms with Crippen LogP contribution in [0.2, 0.25) is 0 Å². The van der Waals surface area contributed by atoms with Crippen LogP contribution in [0, 0.1) is 0 Å². The van der Waals surface area contributed by atoms with E-state index >= 15 is 0 Å². The Hall–Kier alpha value is -3.81. The number of rotatable bonds is 6. The summed E-state index contributed by atoms with van der Waals surface area (Å²) in [5.41, 5.74) is 3.65. The van der Waals surface area contributed by atoms with E-state index in [1.54, 1.807) is 24.3 Å². The summed E-state index contributed by atoms with van der Waals surface area (Å²) in [5.74, 6) is 0.475. The number of amidine groups is 1. The fourth-order valence-electron chi connectivity index (χ4n) is 4.15. The normalized spacial score (nSPS) is 12.8. The van der Waals surface area contributed by atoms with E-state index in [1.807, 2.05) is 72.7 Å². The number of benzene rings is 2. The number of carbonyl (C=O) groups excluding carboxylic acids is 2. The van der Waals surface area contributed by atoms with E-state index in [-0.39, 0.29) is 11.8 Å². The second kappa shape index (κ2) is 8.74. The molecule has 8 nitrogen and oxygen atoms in total. The number of hydrogen-bond donors (Lipinski definition) is 0. The largest absolute Gasteiger partial charge is 0.301 e. The number of aryl methyl sites for hydroxylation is 1. The summed E-state index contributed by atoms with van der Waals surface area (Å²) >= 11 is 0. The summed E-state index contributed by atoms with van der Waals surface area (Å²) in [5, 5.41) is 8.92. The van der Waals surface area contributed by atoms with Crippen molar-refractivity contribution in [2.75, 3.05) is 34.7 Å². The SMILES string of the molecule is CN(C)C(c1nnn(CCCN2C(=O)c3ccccc3C2=O)c1-c1ccccc1)=[N+](C)C. The van der Waals surface area contributed by atoms with Gasteiger partial charge in [-0.1, -0.05) is 47.7 Å². The van der Waals surface area contributed by atoms with Crippen molar-refractivity contribution in [3.63, 3.8) is 0 Å². The molecule has 2 heterocycles. The molecule has 0 atom stereocenters. The van der Waals surface area contributed by atoms with Crippen molar-refractivity contribution in [3.8, 4) is 11.3 Å². The van der Waals surface area contributed by atoms with E-state index in [9.17, 15) is 9.59 Å². The Morgan fingerprint density at radius 2 is 1.50 bits per heavy atom. The zero-order valence-corrected chi connectivity index (χ0v) is 18.8. The molecule has 1 aliphatic heterocycles. The molecular formula is C24H27N6O2+.